The number of hydrogen-bond donors (Lipinski definition) is 2. The van der Waals surface area contributed by atoms with E-state index in [1.165, 1.54) is 5.56 Å². The molecule has 3 nitrogen and oxygen atoms in total. The molecule has 1 heterocycles. The van der Waals surface area contributed by atoms with Crippen molar-refractivity contribution in [2.24, 2.45) is 0 Å². The fourth-order valence-electron chi connectivity index (χ4n) is 2.32. The largest absolute Gasteiger partial charge is 0.357 e. The third kappa shape index (κ3) is 4.53. The third-order valence-electron chi connectivity index (χ3n) is 3.48. The van der Waals surface area contributed by atoms with Crippen molar-refractivity contribution in [3.05, 3.63) is 70.9 Å². The van der Waals surface area contributed by atoms with Crippen LogP contribution in [0.4, 0.5) is 0 Å². The van der Waals surface area contributed by atoms with E-state index in [0.717, 1.165) is 27.4 Å². The molecule has 2 N–H and O–H groups in total. The first-order valence-corrected chi connectivity index (χ1v) is 8.89. The Morgan fingerprint density at radius 1 is 1.13 bits per heavy atom. The second kappa shape index (κ2) is 7.57. The molecule has 0 saturated carbocycles. The van der Waals surface area contributed by atoms with Crippen LogP contribution in [-0.2, 0) is 17.1 Å². The number of carbonyl (C=O) groups is 1. The number of aromatic nitrogens is 1. The quantitative estimate of drug-likeness (QED) is 0.697. The number of aromatic amines is 1. The van der Waals surface area contributed by atoms with E-state index < -0.39 is 0 Å². The first kappa shape index (κ1) is 16.0. The zero-order chi connectivity index (χ0) is 16.1. The van der Waals surface area contributed by atoms with Crippen LogP contribution in [0.5, 0.6) is 0 Å². The highest BCUT2D eigenvalue weighted by Crippen LogP contribution is 2.16. The molecule has 3 aromatic rings. The number of carbonyl (C=O) groups excluding carboxylic acids is 1. The van der Waals surface area contributed by atoms with E-state index in [-0.39, 0.29) is 5.91 Å². The summed E-state index contributed by atoms with van der Waals surface area (Å²) in [4.78, 5) is 15.2. The number of rotatable bonds is 6. The summed E-state index contributed by atoms with van der Waals surface area (Å²) < 4.78 is 0. The fourth-order valence-corrected chi connectivity index (χ4v) is 3.26. The minimum atomic E-state index is 0.0441. The van der Waals surface area contributed by atoms with Crippen LogP contribution in [0.3, 0.4) is 0 Å². The number of hydrogen-bond acceptors (Lipinski definition) is 2. The molecule has 0 aliphatic rings. The first-order chi connectivity index (χ1) is 11.2. The maximum Gasteiger partial charge on any atom is 0.230 e. The van der Waals surface area contributed by atoms with Gasteiger partial charge in [0.1, 0.15) is 0 Å². The number of thioether (sulfide) groups is 1. The molecule has 0 atom stereocenters. The Morgan fingerprint density at radius 2 is 1.91 bits per heavy atom. The van der Waals surface area contributed by atoms with Crippen LogP contribution in [0.15, 0.2) is 54.6 Å². The molecule has 0 bridgehead atoms. The first-order valence-electron chi connectivity index (χ1n) is 7.36. The smallest absolute Gasteiger partial charge is 0.230 e. The van der Waals surface area contributed by atoms with Gasteiger partial charge in [-0.25, -0.2) is 0 Å². The molecule has 0 radical (unpaired) electrons. The van der Waals surface area contributed by atoms with Crippen LogP contribution in [0.2, 0.25) is 5.02 Å². The van der Waals surface area contributed by atoms with Crippen molar-refractivity contribution in [1.82, 2.24) is 10.3 Å². The molecule has 2 aromatic carbocycles. The maximum atomic E-state index is 11.9. The van der Waals surface area contributed by atoms with E-state index in [1.807, 2.05) is 42.5 Å². The van der Waals surface area contributed by atoms with Gasteiger partial charge >= 0.3 is 0 Å². The predicted molar refractivity (Wildman–Crippen MR) is 97.8 cm³/mol. The summed E-state index contributed by atoms with van der Waals surface area (Å²) in [5.41, 5.74) is 3.28. The van der Waals surface area contributed by atoms with Gasteiger partial charge in [0.2, 0.25) is 5.91 Å². The summed E-state index contributed by atoms with van der Waals surface area (Å²) >= 11 is 7.45. The Hall–Kier alpha value is -1.91. The Bertz CT molecular complexity index is 765. The highest BCUT2D eigenvalue weighted by Gasteiger charge is 2.04. The van der Waals surface area contributed by atoms with E-state index >= 15 is 0 Å². The van der Waals surface area contributed by atoms with Gasteiger partial charge in [-0.15, -0.1) is 11.8 Å². The minimum Gasteiger partial charge on any atom is -0.357 e. The molecule has 0 aliphatic carbocycles. The number of nitrogens with one attached hydrogen (secondary N) is 2. The third-order valence-corrected chi connectivity index (χ3v) is 4.73. The van der Waals surface area contributed by atoms with Gasteiger partial charge in [0.25, 0.3) is 0 Å². The number of para-hydroxylation sites is 1. The zero-order valence-electron chi connectivity index (χ0n) is 12.5. The van der Waals surface area contributed by atoms with Crippen molar-refractivity contribution in [2.45, 2.75) is 12.3 Å². The number of benzene rings is 2. The minimum absolute atomic E-state index is 0.0441. The van der Waals surface area contributed by atoms with Crippen LogP contribution in [0.1, 0.15) is 11.3 Å². The van der Waals surface area contributed by atoms with Gasteiger partial charge in [0.15, 0.2) is 0 Å². The second-order valence-corrected chi connectivity index (χ2v) is 6.70. The summed E-state index contributed by atoms with van der Waals surface area (Å²) in [7, 11) is 0. The predicted octanol–water partition coefficient (Wildman–Crippen LogP) is 4.37. The van der Waals surface area contributed by atoms with Crippen molar-refractivity contribution in [3.8, 4) is 0 Å². The monoisotopic (exact) mass is 344 g/mol. The van der Waals surface area contributed by atoms with Gasteiger partial charge in [0, 0.05) is 22.0 Å². The van der Waals surface area contributed by atoms with Gasteiger partial charge < -0.3 is 10.3 Å². The molecule has 0 unspecified atom stereocenters. The Kier molecular flexibility index (Phi) is 5.26. The normalized spacial score (nSPS) is 10.8. The van der Waals surface area contributed by atoms with Gasteiger partial charge in [0.05, 0.1) is 12.3 Å². The van der Waals surface area contributed by atoms with Crippen molar-refractivity contribution in [1.29, 1.82) is 0 Å². The molecule has 0 saturated heterocycles. The molecule has 0 spiro atoms. The molecule has 5 heteroatoms. The maximum absolute atomic E-state index is 11.9. The number of halogens is 1. The lowest BCUT2D eigenvalue weighted by molar-refractivity contribution is -0.118. The molecule has 0 fully saturated rings. The van der Waals surface area contributed by atoms with Crippen molar-refractivity contribution in [3.63, 3.8) is 0 Å². The van der Waals surface area contributed by atoms with Gasteiger partial charge in [-0.3, -0.25) is 4.79 Å². The molecule has 1 aromatic heterocycles. The molecule has 0 aliphatic heterocycles. The highest BCUT2D eigenvalue weighted by atomic mass is 35.5. The lowest BCUT2D eigenvalue weighted by Gasteiger charge is -2.04. The highest BCUT2D eigenvalue weighted by molar-refractivity contribution is 7.99. The van der Waals surface area contributed by atoms with E-state index in [0.29, 0.717) is 12.3 Å². The van der Waals surface area contributed by atoms with Crippen LogP contribution in [0.25, 0.3) is 10.9 Å². The molecule has 23 heavy (non-hydrogen) atoms. The lowest BCUT2D eigenvalue weighted by atomic mass is 10.2. The average molecular weight is 345 g/mol. The Labute approximate surface area is 144 Å². The summed E-state index contributed by atoms with van der Waals surface area (Å²) in [6, 6.07) is 17.9. The van der Waals surface area contributed by atoms with Crippen LogP contribution >= 0.6 is 23.4 Å². The summed E-state index contributed by atoms with van der Waals surface area (Å²) in [5.74, 6) is 1.29. The van der Waals surface area contributed by atoms with E-state index in [2.05, 4.69) is 22.4 Å². The summed E-state index contributed by atoms with van der Waals surface area (Å²) in [6.45, 7) is 0.523. The van der Waals surface area contributed by atoms with Crippen molar-refractivity contribution >= 4 is 40.2 Å². The summed E-state index contributed by atoms with van der Waals surface area (Å²) in [6.07, 6.45) is 0. The standard InChI is InChI=1S/C18H17ClN2OS/c19-15-7-5-13(6-8-15)11-23-12-18(22)20-10-16-9-14-3-1-2-4-17(14)21-16/h1-9,21H,10-12H2,(H,20,22). The van der Waals surface area contributed by atoms with Crippen LogP contribution in [0, 0.1) is 0 Å². The number of amides is 1. The summed E-state index contributed by atoms with van der Waals surface area (Å²) in [5, 5.41) is 4.84. The molecule has 3 rings (SSSR count). The molecular weight excluding hydrogens is 328 g/mol. The average Bonchev–Trinajstić information content (AvgIpc) is 2.98. The Balaban J connectivity index is 1.43. The lowest BCUT2D eigenvalue weighted by Crippen LogP contribution is -2.24. The Morgan fingerprint density at radius 3 is 2.70 bits per heavy atom. The van der Waals surface area contributed by atoms with E-state index in [9.17, 15) is 4.79 Å². The van der Waals surface area contributed by atoms with E-state index in [1.54, 1.807) is 11.8 Å². The van der Waals surface area contributed by atoms with Crippen LogP contribution in [-0.4, -0.2) is 16.6 Å². The topological polar surface area (TPSA) is 44.9 Å². The molecule has 1 amide bonds. The van der Waals surface area contributed by atoms with Gasteiger partial charge in [-0.2, -0.15) is 0 Å². The molecular formula is C18H17ClN2OS. The van der Waals surface area contributed by atoms with Gasteiger partial charge in [-0.05, 0) is 35.2 Å². The number of fused-ring (bicyclic) bond motifs is 1. The zero-order valence-corrected chi connectivity index (χ0v) is 14.1. The SMILES string of the molecule is O=C(CSCc1ccc(Cl)cc1)NCc1cc2ccccc2[nH]1. The van der Waals surface area contributed by atoms with Crippen molar-refractivity contribution < 1.29 is 4.79 Å². The molecule has 118 valence electrons. The van der Waals surface area contributed by atoms with Crippen LogP contribution < -0.4 is 5.32 Å². The van der Waals surface area contributed by atoms with Gasteiger partial charge in [-0.1, -0.05) is 41.9 Å². The fraction of sp³-hybridized carbons (Fsp3) is 0.167. The second-order valence-electron chi connectivity index (χ2n) is 5.28. The number of H-pyrrole nitrogens is 1. The van der Waals surface area contributed by atoms with E-state index in [4.69, 9.17) is 11.6 Å². The van der Waals surface area contributed by atoms with Crippen molar-refractivity contribution in [2.75, 3.05) is 5.75 Å².